The molecule has 1 rings (SSSR count). The predicted octanol–water partition coefficient (Wildman–Crippen LogP) is 2.90. The highest BCUT2D eigenvalue weighted by molar-refractivity contribution is 9.10. The molecule has 1 aromatic heterocycles. The molecule has 1 unspecified atom stereocenters. The molecule has 0 amide bonds. The lowest BCUT2D eigenvalue weighted by Crippen LogP contribution is -2.26. The number of methoxy groups -OCH3 is 1. The molecule has 0 aliphatic rings. The van der Waals surface area contributed by atoms with Gasteiger partial charge < -0.3 is 10.1 Å². The number of pyridine rings is 1. The zero-order valence-corrected chi connectivity index (χ0v) is 10.9. The number of hydrogen-bond donors (Lipinski definition) is 1. The van der Waals surface area contributed by atoms with Gasteiger partial charge in [-0.05, 0) is 34.5 Å². The summed E-state index contributed by atoms with van der Waals surface area (Å²) in [4.78, 5) is 4.23. The van der Waals surface area contributed by atoms with Crippen molar-refractivity contribution in [3.63, 3.8) is 0 Å². The van der Waals surface area contributed by atoms with Crippen molar-refractivity contribution in [1.82, 2.24) is 4.98 Å². The first-order chi connectivity index (χ1) is 7.27. The summed E-state index contributed by atoms with van der Waals surface area (Å²) in [6, 6.07) is 4.01. The van der Waals surface area contributed by atoms with E-state index >= 15 is 0 Å². The Kier molecular flexibility index (Phi) is 5.98. The summed E-state index contributed by atoms with van der Waals surface area (Å²) < 4.78 is 6.05. The highest BCUT2D eigenvalue weighted by Gasteiger charge is 2.09. The molecule has 0 bridgehead atoms. The zero-order valence-electron chi connectivity index (χ0n) is 8.54. The highest BCUT2D eigenvalue weighted by atomic mass is 79.9. The summed E-state index contributed by atoms with van der Waals surface area (Å²) in [5.74, 6) is 1.43. The minimum atomic E-state index is 0.193. The Morgan fingerprint density at radius 1 is 1.67 bits per heavy atom. The first kappa shape index (κ1) is 12.7. The molecule has 1 aromatic rings. The summed E-state index contributed by atoms with van der Waals surface area (Å²) in [5.41, 5.74) is 0. The number of nitrogens with zero attached hydrogens (tertiary/aromatic N) is 1. The monoisotopic (exact) mass is 292 g/mol. The van der Waals surface area contributed by atoms with E-state index in [2.05, 4.69) is 26.2 Å². The number of alkyl halides is 1. The van der Waals surface area contributed by atoms with Crippen molar-refractivity contribution in [3.05, 3.63) is 22.8 Å². The van der Waals surface area contributed by atoms with E-state index in [0.29, 0.717) is 12.5 Å². The molecular weight excluding hydrogens is 279 g/mol. The summed E-state index contributed by atoms with van der Waals surface area (Å²) >= 11 is 9.14. The summed E-state index contributed by atoms with van der Waals surface area (Å²) in [7, 11) is 1.68. The molecule has 0 aliphatic carbocycles. The zero-order chi connectivity index (χ0) is 11.1. The fourth-order valence-electron chi connectivity index (χ4n) is 1.22. The van der Waals surface area contributed by atoms with Crippen LogP contribution in [0.5, 0.6) is 0 Å². The Morgan fingerprint density at radius 3 is 3.07 bits per heavy atom. The molecule has 0 fully saturated rings. The van der Waals surface area contributed by atoms with Gasteiger partial charge in [0.15, 0.2) is 0 Å². The van der Waals surface area contributed by atoms with Crippen LogP contribution in [0.15, 0.2) is 22.8 Å². The van der Waals surface area contributed by atoms with Gasteiger partial charge in [-0.15, -0.1) is 11.6 Å². The smallest absolute Gasteiger partial charge is 0.140 e. The molecule has 0 radical (unpaired) electrons. The van der Waals surface area contributed by atoms with Gasteiger partial charge >= 0.3 is 0 Å². The summed E-state index contributed by atoms with van der Waals surface area (Å²) in [6.45, 7) is 0.621. The number of ether oxygens (including phenoxy) is 1. The van der Waals surface area contributed by atoms with Crippen LogP contribution in [0, 0.1) is 0 Å². The molecule has 0 aliphatic heterocycles. The van der Waals surface area contributed by atoms with Gasteiger partial charge in [0, 0.05) is 19.2 Å². The van der Waals surface area contributed by atoms with E-state index in [9.17, 15) is 0 Å². The van der Waals surface area contributed by atoms with Crippen molar-refractivity contribution >= 4 is 33.3 Å². The number of nitrogens with one attached hydrogen (secondary N) is 1. The van der Waals surface area contributed by atoms with Gasteiger partial charge in [0.2, 0.25) is 0 Å². The number of halogens is 2. The van der Waals surface area contributed by atoms with Crippen LogP contribution in [0.1, 0.15) is 6.42 Å². The second-order valence-corrected chi connectivity index (χ2v) is 4.34. The third-order valence-electron chi connectivity index (χ3n) is 1.92. The quantitative estimate of drug-likeness (QED) is 0.819. The van der Waals surface area contributed by atoms with Crippen LogP contribution in [-0.2, 0) is 4.74 Å². The summed E-state index contributed by atoms with van der Waals surface area (Å²) in [5, 5.41) is 3.28. The van der Waals surface area contributed by atoms with Gasteiger partial charge in [0.1, 0.15) is 5.82 Å². The van der Waals surface area contributed by atoms with Crippen molar-refractivity contribution in [3.8, 4) is 0 Å². The Hall–Kier alpha value is -0.320. The molecule has 0 aromatic carbocycles. The van der Waals surface area contributed by atoms with Crippen LogP contribution in [-0.4, -0.2) is 30.6 Å². The van der Waals surface area contributed by atoms with Gasteiger partial charge in [0.05, 0.1) is 17.1 Å². The van der Waals surface area contributed by atoms with E-state index in [0.717, 1.165) is 16.7 Å². The first-order valence-corrected chi connectivity index (χ1v) is 6.02. The van der Waals surface area contributed by atoms with Crippen LogP contribution in [0.3, 0.4) is 0 Å². The van der Waals surface area contributed by atoms with Crippen molar-refractivity contribution in [2.45, 2.75) is 12.5 Å². The van der Waals surface area contributed by atoms with E-state index in [-0.39, 0.29) is 6.04 Å². The molecule has 0 spiro atoms. The fraction of sp³-hybridized carbons (Fsp3) is 0.500. The molecule has 0 saturated heterocycles. The average molecular weight is 294 g/mol. The minimum Gasteiger partial charge on any atom is -0.383 e. The van der Waals surface area contributed by atoms with Crippen molar-refractivity contribution in [1.29, 1.82) is 0 Å². The maximum atomic E-state index is 5.71. The molecule has 1 atom stereocenters. The standard InChI is InChI=1S/C10H14BrClN2O/c1-15-7-8(4-5-12)14-10-9(11)3-2-6-13-10/h2-3,6,8H,4-5,7H2,1H3,(H,13,14). The topological polar surface area (TPSA) is 34.1 Å². The number of anilines is 1. The Bertz CT molecular complexity index is 293. The van der Waals surface area contributed by atoms with E-state index in [1.165, 1.54) is 0 Å². The predicted molar refractivity (Wildman–Crippen MR) is 66.6 cm³/mol. The van der Waals surface area contributed by atoms with Crippen LogP contribution in [0.25, 0.3) is 0 Å². The maximum Gasteiger partial charge on any atom is 0.140 e. The van der Waals surface area contributed by atoms with Gasteiger partial charge in [-0.2, -0.15) is 0 Å². The van der Waals surface area contributed by atoms with Crippen molar-refractivity contribution in [2.75, 3.05) is 24.9 Å². The molecule has 3 nitrogen and oxygen atoms in total. The van der Waals surface area contributed by atoms with E-state index in [4.69, 9.17) is 16.3 Å². The van der Waals surface area contributed by atoms with E-state index in [1.54, 1.807) is 13.3 Å². The molecule has 15 heavy (non-hydrogen) atoms. The number of aromatic nitrogens is 1. The second-order valence-electron chi connectivity index (χ2n) is 3.11. The van der Waals surface area contributed by atoms with Crippen LogP contribution < -0.4 is 5.32 Å². The van der Waals surface area contributed by atoms with Gasteiger partial charge in [-0.25, -0.2) is 4.98 Å². The lowest BCUT2D eigenvalue weighted by Gasteiger charge is -2.17. The Balaban J connectivity index is 2.60. The van der Waals surface area contributed by atoms with Gasteiger partial charge in [-0.3, -0.25) is 0 Å². The lowest BCUT2D eigenvalue weighted by atomic mass is 10.2. The van der Waals surface area contributed by atoms with E-state index < -0.39 is 0 Å². The minimum absolute atomic E-state index is 0.193. The summed E-state index contributed by atoms with van der Waals surface area (Å²) in [6.07, 6.45) is 2.59. The van der Waals surface area contributed by atoms with Crippen LogP contribution >= 0.6 is 27.5 Å². The van der Waals surface area contributed by atoms with Crippen LogP contribution in [0.2, 0.25) is 0 Å². The molecular formula is C10H14BrClN2O. The Morgan fingerprint density at radius 2 is 2.47 bits per heavy atom. The number of hydrogen-bond acceptors (Lipinski definition) is 3. The SMILES string of the molecule is COCC(CCCl)Nc1ncccc1Br. The molecule has 0 saturated carbocycles. The van der Waals surface area contributed by atoms with E-state index in [1.807, 2.05) is 12.1 Å². The third-order valence-corrected chi connectivity index (χ3v) is 2.78. The molecule has 1 heterocycles. The van der Waals surface area contributed by atoms with Crippen LogP contribution in [0.4, 0.5) is 5.82 Å². The number of rotatable bonds is 6. The second kappa shape index (κ2) is 7.04. The average Bonchev–Trinajstić information content (AvgIpc) is 2.22. The largest absolute Gasteiger partial charge is 0.383 e. The molecule has 84 valence electrons. The fourth-order valence-corrected chi connectivity index (χ4v) is 1.85. The Labute approximate surface area is 103 Å². The third kappa shape index (κ3) is 4.36. The molecule has 5 heteroatoms. The van der Waals surface area contributed by atoms with Gasteiger partial charge in [0.25, 0.3) is 0 Å². The maximum absolute atomic E-state index is 5.71. The molecule has 1 N–H and O–H groups in total. The first-order valence-electron chi connectivity index (χ1n) is 4.70. The lowest BCUT2D eigenvalue weighted by molar-refractivity contribution is 0.184. The van der Waals surface area contributed by atoms with Crippen molar-refractivity contribution in [2.24, 2.45) is 0 Å². The van der Waals surface area contributed by atoms with Crippen molar-refractivity contribution < 1.29 is 4.74 Å². The van der Waals surface area contributed by atoms with Gasteiger partial charge in [-0.1, -0.05) is 0 Å². The highest BCUT2D eigenvalue weighted by Crippen LogP contribution is 2.19. The normalized spacial score (nSPS) is 12.5.